The first-order valence-electron chi connectivity index (χ1n) is 6.11. The lowest BCUT2D eigenvalue weighted by Crippen LogP contribution is -2.57. The van der Waals surface area contributed by atoms with Gasteiger partial charge in [0.05, 0.1) is 10.9 Å². The molecule has 0 amide bonds. The molecule has 2 rings (SSSR count). The molecule has 1 unspecified atom stereocenters. The van der Waals surface area contributed by atoms with E-state index in [-0.39, 0.29) is 23.9 Å². The average Bonchev–Trinajstić information content (AvgIpc) is 2.86. The summed E-state index contributed by atoms with van der Waals surface area (Å²) >= 11 is 6.76. The van der Waals surface area contributed by atoms with Crippen LogP contribution in [0, 0.1) is 0 Å². The second kappa shape index (κ2) is 6.40. The Kier molecular flexibility index (Phi) is 5.03. The van der Waals surface area contributed by atoms with Gasteiger partial charge in [-0.2, -0.15) is 4.31 Å². The Morgan fingerprint density at radius 3 is 2.95 bits per heavy atom. The van der Waals surface area contributed by atoms with Gasteiger partial charge in [0.2, 0.25) is 0 Å². The van der Waals surface area contributed by atoms with Crippen molar-refractivity contribution in [1.82, 2.24) is 9.62 Å². The van der Waals surface area contributed by atoms with Crippen LogP contribution >= 0.6 is 22.9 Å². The van der Waals surface area contributed by atoms with Crippen LogP contribution in [0.5, 0.6) is 0 Å². The van der Waals surface area contributed by atoms with Crippen LogP contribution in [0.1, 0.15) is 6.92 Å². The number of piperazine rings is 1. The Hall–Kier alpha value is -0.670. The predicted molar refractivity (Wildman–Crippen MR) is 76.5 cm³/mol. The summed E-state index contributed by atoms with van der Waals surface area (Å²) in [6, 6.07) is 2.14. The summed E-state index contributed by atoms with van der Waals surface area (Å²) in [6.45, 7) is 2.87. The van der Waals surface area contributed by atoms with E-state index >= 15 is 0 Å². The van der Waals surface area contributed by atoms with Crippen molar-refractivity contribution in [2.75, 3.05) is 26.2 Å². The molecule has 20 heavy (non-hydrogen) atoms. The van der Waals surface area contributed by atoms with E-state index in [9.17, 15) is 13.2 Å². The topological polar surface area (TPSA) is 75.7 Å². The summed E-state index contributed by atoms with van der Waals surface area (Å²) in [7, 11) is -3.73. The fourth-order valence-corrected chi connectivity index (χ4v) is 5.15. The molecule has 0 bridgehead atoms. The van der Waals surface area contributed by atoms with Crippen LogP contribution in [0.15, 0.2) is 16.3 Å². The van der Waals surface area contributed by atoms with Crippen LogP contribution < -0.4 is 5.32 Å². The SMILES string of the molecule is CCOC(=O)C1CNCCN1S(=O)(=O)c1ccc(Cl)s1. The molecule has 0 aromatic carbocycles. The summed E-state index contributed by atoms with van der Waals surface area (Å²) in [5.74, 6) is -0.536. The van der Waals surface area contributed by atoms with Gasteiger partial charge in [0, 0.05) is 19.6 Å². The lowest BCUT2D eigenvalue weighted by atomic mass is 10.2. The Balaban J connectivity index is 2.29. The maximum atomic E-state index is 12.6. The van der Waals surface area contributed by atoms with Crippen LogP contribution in [-0.4, -0.2) is 51.0 Å². The van der Waals surface area contributed by atoms with E-state index in [1.54, 1.807) is 6.92 Å². The zero-order valence-corrected chi connectivity index (χ0v) is 13.2. The number of hydrogen-bond donors (Lipinski definition) is 1. The summed E-state index contributed by atoms with van der Waals surface area (Å²) in [5, 5.41) is 3.00. The van der Waals surface area contributed by atoms with E-state index in [1.165, 1.54) is 16.4 Å². The minimum Gasteiger partial charge on any atom is -0.465 e. The smallest absolute Gasteiger partial charge is 0.325 e. The van der Waals surface area contributed by atoms with Gasteiger partial charge < -0.3 is 10.1 Å². The number of thiophene rings is 1. The lowest BCUT2D eigenvalue weighted by Gasteiger charge is -2.32. The zero-order chi connectivity index (χ0) is 14.8. The van der Waals surface area contributed by atoms with E-state index in [2.05, 4.69) is 5.32 Å². The molecular weight excluding hydrogens is 324 g/mol. The van der Waals surface area contributed by atoms with Gasteiger partial charge in [-0.25, -0.2) is 8.42 Å². The largest absolute Gasteiger partial charge is 0.465 e. The average molecular weight is 339 g/mol. The van der Waals surface area contributed by atoms with Gasteiger partial charge >= 0.3 is 5.97 Å². The molecule has 2 heterocycles. The lowest BCUT2D eigenvalue weighted by molar-refractivity contribution is -0.148. The van der Waals surface area contributed by atoms with E-state index in [0.717, 1.165) is 11.3 Å². The maximum absolute atomic E-state index is 12.6. The van der Waals surface area contributed by atoms with Gasteiger partial charge in [0.15, 0.2) is 0 Å². The molecule has 1 N–H and O–H groups in total. The van der Waals surface area contributed by atoms with Gasteiger partial charge in [-0.05, 0) is 19.1 Å². The van der Waals surface area contributed by atoms with Crippen LogP contribution in [-0.2, 0) is 19.6 Å². The summed E-state index contributed by atoms with van der Waals surface area (Å²) < 4.78 is 31.8. The molecule has 0 saturated carbocycles. The molecular formula is C11H15ClN2O4S2. The van der Waals surface area contributed by atoms with Crippen molar-refractivity contribution in [3.8, 4) is 0 Å². The van der Waals surface area contributed by atoms with Crippen LogP contribution in [0.25, 0.3) is 0 Å². The number of ether oxygens (including phenoxy) is 1. The number of nitrogens with one attached hydrogen (secondary N) is 1. The molecule has 1 aromatic heterocycles. The molecule has 0 aliphatic carbocycles. The van der Waals surface area contributed by atoms with Crippen molar-refractivity contribution in [2.45, 2.75) is 17.2 Å². The second-order valence-electron chi connectivity index (χ2n) is 4.15. The van der Waals surface area contributed by atoms with Gasteiger partial charge in [0.25, 0.3) is 10.0 Å². The predicted octanol–water partition coefficient (Wildman–Crippen LogP) is 0.927. The zero-order valence-electron chi connectivity index (χ0n) is 10.8. The summed E-state index contributed by atoms with van der Waals surface area (Å²) in [6.07, 6.45) is 0. The quantitative estimate of drug-likeness (QED) is 0.826. The molecule has 1 atom stereocenters. The van der Waals surface area contributed by atoms with Gasteiger partial charge in [-0.3, -0.25) is 4.79 Å². The number of rotatable bonds is 4. The molecule has 1 aromatic rings. The number of nitrogens with zero attached hydrogens (tertiary/aromatic N) is 1. The molecule has 0 spiro atoms. The number of halogens is 1. The standard InChI is InChI=1S/C11H15ClN2O4S2/c1-2-18-11(15)8-7-13-5-6-14(8)20(16,17)10-4-3-9(12)19-10/h3-4,8,13H,2,5-7H2,1H3. The molecule has 1 saturated heterocycles. The Labute approximate surface area is 126 Å². The number of sulfonamides is 1. The normalized spacial score (nSPS) is 20.8. The van der Waals surface area contributed by atoms with Crippen molar-refractivity contribution in [2.24, 2.45) is 0 Å². The van der Waals surface area contributed by atoms with Crippen LogP contribution in [0.2, 0.25) is 4.34 Å². The molecule has 9 heteroatoms. The minimum absolute atomic E-state index is 0.138. The van der Waals surface area contributed by atoms with Crippen molar-refractivity contribution in [3.63, 3.8) is 0 Å². The Bertz CT molecular complexity index is 587. The van der Waals surface area contributed by atoms with Gasteiger partial charge in [-0.1, -0.05) is 11.6 Å². The molecule has 1 aliphatic rings. The third kappa shape index (κ3) is 3.15. The second-order valence-corrected chi connectivity index (χ2v) is 7.98. The summed E-state index contributed by atoms with van der Waals surface area (Å²) in [4.78, 5) is 11.9. The highest BCUT2D eigenvalue weighted by Crippen LogP contribution is 2.29. The highest BCUT2D eigenvalue weighted by molar-refractivity contribution is 7.91. The van der Waals surface area contributed by atoms with E-state index in [1.807, 2.05) is 0 Å². The van der Waals surface area contributed by atoms with Crippen molar-refractivity contribution < 1.29 is 17.9 Å². The number of carbonyl (C=O) groups excluding carboxylic acids is 1. The minimum atomic E-state index is -3.73. The first-order chi connectivity index (χ1) is 9.46. The van der Waals surface area contributed by atoms with Crippen molar-refractivity contribution >= 4 is 38.9 Å². The van der Waals surface area contributed by atoms with E-state index in [4.69, 9.17) is 16.3 Å². The van der Waals surface area contributed by atoms with Crippen LogP contribution in [0.4, 0.5) is 0 Å². The Morgan fingerprint density at radius 1 is 1.60 bits per heavy atom. The molecule has 6 nitrogen and oxygen atoms in total. The third-order valence-electron chi connectivity index (χ3n) is 2.86. The highest BCUT2D eigenvalue weighted by atomic mass is 35.5. The Morgan fingerprint density at radius 2 is 2.35 bits per heavy atom. The molecule has 0 radical (unpaired) electrons. The van der Waals surface area contributed by atoms with Gasteiger partial charge in [0.1, 0.15) is 10.3 Å². The summed E-state index contributed by atoms with van der Waals surface area (Å²) in [5.41, 5.74) is 0. The van der Waals surface area contributed by atoms with Gasteiger partial charge in [-0.15, -0.1) is 11.3 Å². The highest BCUT2D eigenvalue weighted by Gasteiger charge is 2.39. The number of hydrogen-bond acceptors (Lipinski definition) is 6. The third-order valence-corrected chi connectivity index (χ3v) is 6.47. The van der Waals surface area contributed by atoms with Crippen molar-refractivity contribution in [1.29, 1.82) is 0 Å². The first kappa shape index (κ1) is 15.7. The molecule has 1 fully saturated rings. The molecule has 1 aliphatic heterocycles. The van der Waals surface area contributed by atoms with Crippen LogP contribution in [0.3, 0.4) is 0 Å². The van der Waals surface area contributed by atoms with Crippen molar-refractivity contribution in [3.05, 3.63) is 16.5 Å². The van der Waals surface area contributed by atoms with E-state index in [0.29, 0.717) is 10.9 Å². The van der Waals surface area contributed by atoms with E-state index < -0.39 is 22.0 Å². The fourth-order valence-electron chi connectivity index (χ4n) is 1.96. The fraction of sp³-hybridized carbons (Fsp3) is 0.545. The number of esters is 1. The first-order valence-corrected chi connectivity index (χ1v) is 8.74. The molecule has 112 valence electrons. The monoisotopic (exact) mass is 338 g/mol. The maximum Gasteiger partial charge on any atom is 0.325 e. The number of carbonyl (C=O) groups is 1.